The van der Waals surface area contributed by atoms with E-state index in [2.05, 4.69) is 37.9 Å². The number of hydrogen-bond acceptors (Lipinski definition) is 4. The largest absolute Gasteiger partial charge is 0.390 e. The number of nitrogens with zero attached hydrogens (tertiary/aromatic N) is 1. The first-order chi connectivity index (χ1) is 7.95. The maximum absolute atomic E-state index is 9.86. The van der Waals surface area contributed by atoms with E-state index < -0.39 is 0 Å². The van der Waals surface area contributed by atoms with Crippen LogP contribution in [0.4, 0.5) is 0 Å². The number of nitrogens with one attached hydrogen (secondary N) is 1. The van der Waals surface area contributed by atoms with Crippen LogP contribution in [0.15, 0.2) is 0 Å². The fraction of sp³-hybridized carbons (Fsp3) is 1.00. The van der Waals surface area contributed by atoms with E-state index in [1.807, 2.05) is 6.92 Å². The van der Waals surface area contributed by atoms with Gasteiger partial charge in [0.1, 0.15) is 0 Å². The number of ether oxygens (including phenoxy) is 1. The van der Waals surface area contributed by atoms with Gasteiger partial charge in [0.2, 0.25) is 0 Å². The van der Waals surface area contributed by atoms with E-state index in [-0.39, 0.29) is 11.7 Å². The van der Waals surface area contributed by atoms with Crippen LogP contribution in [0.1, 0.15) is 34.6 Å². The number of aliphatic hydroxyl groups is 1. The Morgan fingerprint density at radius 2 is 1.82 bits per heavy atom. The molecule has 0 spiro atoms. The molecule has 4 heteroatoms. The first kappa shape index (κ1) is 16.8. The van der Waals surface area contributed by atoms with Gasteiger partial charge >= 0.3 is 0 Å². The van der Waals surface area contributed by atoms with Gasteiger partial charge in [-0.2, -0.15) is 0 Å². The molecule has 2 N–H and O–H groups in total. The second kappa shape index (κ2) is 8.86. The molecule has 0 bridgehead atoms. The minimum absolute atomic E-state index is 0.163. The predicted octanol–water partition coefficient (Wildman–Crippen LogP) is 1.09. The standard InChI is InChI=1S/C13H30N2O2/c1-6-15(7-2)10-12(16)9-14-11-13(4,5)17-8-3/h12,14,16H,6-11H2,1-5H3. The average Bonchev–Trinajstić information content (AvgIpc) is 2.25. The lowest BCUT2D eigenvalue weighted by Gasteiger charge is -2.27. The highest BCUT2D eigenvalue weighted by Crippen LogP contribution is 2.06. The van der Waals surface area contributed by atoms with Crippen LogP contribution in [0.5, 0.6) is 0 Å². The van der Waals surface area contributed by atoms with Gasteiger partial charge in [-0.15, -0.1) is 0 Å². The molecule has 0 aliphatic rings. The van der Waals surface area contributed by atoms with E-state index in [0.717, 1.165) is 32.8 Å². The maximum Gasteiger partial charge on any atom is 0.0791 e. The van der Waals surface area contributed by atoms with Crippen LogP contribution in [0.25, 0.3) is 0 Å². The van der Waals surface area contributed by atoms with Gasteiger partial charge in [-0.3, -0.25) is 0 Å². The van der Waals surface area contributed by atoms with Gasteiger partial charge in [-0.25, -0.2) is 0 Å². The van der Waals surface area contributed by atoms with Crippen molar-refractivity contribution in [3.63, 3.8) is 0 Å². The molecule has 0 aromatic carbocycles. The fourth-order valence-electron chi connectivity index (χ4n) is 1.83. The smallest absolute Gasteiger partial charge is 0.0791 e. The first-order valence-electron chi connectivity index (χ1n) is 6.70. The molecule has 0 fully saturated rings. The lowest BCUT2D eigenvalue weighted by Crippen LogP contribution is -2.43. The van der Waals surface area contributed by atoms with Crippen molar-refractivity contribution in [1.29, 1.82) is 0 Å². The molecule has 0 aromatic heterocycles. The molecular weight excluding hydrogens is 216 g/mol. The Morgan fingerprint density at radius 1 is 1.24 bits per heavy atom. The molecule has 104 valence electrons. The highest BCUT2D eigenvalue weighted by Gasteiger charge is 2.17. The molecule has 0 saturated carbocycles. The Balaban J connectivity index is 3.73. The van der Waals surface area contributed by atoms with E-state index in [1.54, 1.807) is 0 Å². The predicted molar refractivity (Wildman–Crippen MR) is 72.4 cm³/mol. The van der Waals surface area contributed by atoms with E-state index in [9.17, 15) is 5.11 Å². The minimum Gasteiger partial charge on any atom is -0.390 e. The van der Waals surface area contributed by atoms with Gasteiger partial charge < -0.3 is 20.1 Å². The molecule has 0 aliphatic carbocycles. The van der Waals surface area contributed by atoms with Crippen LogP contribution in [0, 0.1) is 0 Å². The molecule has 1 unspecified atom stereocenters. The summed E-state index contributed by atoms with van der Waals surface area (Å²) >= 11 is 0. The molecule has 0 heterocycles. The summed E-state index contributed by atoms with van der Waals surface area (Å²) in [5.74, 6) is 0. The third kappa shape index (κ3) is 8.55. The van der Waals surface area contributed by atoms with Crippen molar-refractivity contribution < 1.29 is 9.84 Å². The monoisotopic (exact) mass is 246 g/mol. The van der Waals surface area contributed by atoms with E-state index in [4.69, 9.17) is 4.74 Å². The maximum atomic E-state index is 9.86. The van der Waals surface area contributed by atoms with Crippen LogP contribution in [0.2, 0.25) is 0 Å². The molecular formula is C13H30N2O2. The van der Waals surface area contributed by atoms with Crippen LogP contribution < -0.4 is 5.32 Å². The lowest BCUT2D eigenvalue weighted by molar-refractivity contribution is -0.0109. The third-order valence-corrected chi connectivity index (χ3v) is 2.83. The van der Waals surface area contributed by atoms with Gasteiger partial charge in [0, 0.05) is 26.2 Å². The Labute approximate surface area is 106 Å². The van der Waals surface area contributed by atoms with Crippen LogP contribution >= 0.6 is 0 Å². The van der Waals surface area contributed by atoms with Crippen molar-refractivity contribution in [2.45, 2.75) is 46.3 Å². The third-order valence-electron chi connectivity index (χ3n) is 2.83. The summed E-state index contributed by atoms with van der Waals surface area (Å²) in [6, 6.07) is 0. The highest BCUT2D eigenvalue weighted by molar-refractivity contribution is 4.73. The summed E-state index contributed by atoms with van der Waals surface area (Å²) in [4.78, 5) is 2.22. The topological polar surface area (TPSA) is 44.7 Å². The van der Waals surface area contributed by atoms with Crippen molar-refractivity contribution in [3.05, 3.63) is 0 Å². The van der Waals surface area contributed by atoms with Crippen LogP contribution in [0.3, 0.4) is 0 Å². The summed E-state index contributed by atoms with van der Waals surface area (Å²) in [6.45, 7) is 15.1. The van der Waals surface area contributed by atoms with Gasteiger partial charge in [-0.1, -0.05) is 13.8 Å². The van der Waals surface area contributed by atoms with Crippen molar-refractivity contribution in [1.82, 2.24) is 10.2 Å². The van der Waals surface area contributed by atoms with Crippen molar-refractivity contribution in [2.75, 3.05) is 39.3 Å². The zero-order valence-electron chi connectivity index (χ0n) is 12.1. The summed E-state index contributed by atoms with van der Waals surface area (Å²) in [7, 11) is 0. The van der Waals surface area contributed by atoms with E-state index in [1.165, 1.54) is 0 Å². The van der Waals surface area contributed by atoms with Gasteiger partial charge in [-0.05, 0) is 33.9 Å². The molecule has 1 atom stereocenters. The van der Waals surface area contributed by atoms with Crippen LogP contribution in [-0.2, 0) is 4.74 Å². The molecule has 0 saturated heterocycles. The molecule has 0 aliphatic heterocycles. The summed E-state index contributed by atoms with van der Waals surface area (Å²) in [5.41, 5.74) is -0.163. The molecule has 0 aromatic rings. The molecule has 0 radical (unpaired) electrons. The zero-order chi connectivity index (χ0) is 13.3. The fourth-order valence-corrected chi connectivity index (χ4v) is 1.83. The average molecular weight is 246 g/mol. The second-order valence-electron chi connectivity index (χ2n) is 4.96. The Hall–Kier alpha value is -0.160. The Bertz CT molecular complexity index is 182. The number of rotatable bonds is 10. The molecule has 4 nitrogen and oxygen atoms in total. The number of aliphatic hydroxyl groups excluding tert-OH is 1. The van der Waals surface area contributed by atoms with Gasteiger partial charge in [0.05, 0.1) is 11.7 Å². The van der Waals surface area contributed by atoms with Gasteiger partial charge in [0.15, 0.2) is 0 Å². The number of likely N-dealkylation sites (N-methyl/N-ethyl adjacent to an activating group) is 1. The minimum atomic E-state index is -0.313. The quantitative estimate of drug-likeness (QED) is 0.606. The van der Waals surface area contributed by atoms with E-state index >= 15 is 0 Å². The zero-order valence-corrected chi connectivity index (χ0v) is 12.1. The molecule has 17 heavy (non-hydrogen) atoms. The SMILES string of the molecule is CCOC(C)(C)CNCC(O)CN(CC)CC. The Morgan fingerprint density at radius 3 is 2.29 bits per heavy atom. The Kier molecular flexibility index (Phi) is 8.78. The summed E-state index contributed by atoms with van der Waals surface area (Å²) in [6.07, 6.45) is -0.313. The number of hydrogen-bond donors (Lipinski definition) is 2. The van der Waals surface area contributed by atoms with E-state index in [0.29, 0.717) is 6.54 Å². The summed E-state index contributed by atoms with van der Waals surface area (Å²) in [5, 5.41) is 13.1. The normalized spacial score (nSPS) is 14.3. The second-order valence-corrected chi connectivity index (χ2v) is 4.96. The molecule has 0 amide bonds. The lowest BCUT2D eigenvalue weighted by atomic mass is 10.1. The van der Waals surface area contributed by atoms with Crippen molar-refractivity contribution >= 4 is 0 Å². The first-order valence-corrected chi connectivity index (χ1v) is 6.70. The highest BCUT2D eigenvalue weighted by atomic mass is 16.5. The van der Waals surface area contributed by atoms with Crippen molar-refractivity contribution in [3.8, 4) is 0 Å². The molecule has 0 rings (SSSR count). The van der Waals surface area contributed by atoms with Crippen LogP contribution in [-0.4, -0.2) is 61.0 Å². The van der Waals surface area contributed by atoms with Crippen molar-refractivity contribution in [2.24, 2.45) is 0 Å². The summed E-state index contributed by atoms with van der Waals surface area (Å²) < 4.78 is 5.58. The van der Waals surface area contributed by atoms with Gasteiger partial charge in [0.25, 0.3) is 0 Å².